The topological polar surface area (TPSA) is 48.1 Å². The highest BCUT2D eigenvalue weighted by molar-refractivity contribution is 5.79. The number of pyridine rings is 1. The van der Waals surface area contributed by atoms with Crippen LogP contribution >= 0.6 is 0 Å². The summed E-state index contributed by atoms with van der Waals surface area (Å²) in [6, 6.07) is 8.45. The molecule has 4 heteroatoms. The van der Waals surface area contributed by atoms with E-state index in [9.17, 15) is 4.79 Å². The van der Waals surface area contributed by atoms with Crippen molar-refractivity contribution in [1.29, 1.82) is 0 Å². The average molecular weight is 297 g/mol. The Hall–Kier alpha value is -1.65. The summed E-state index contributed by atoms with van der Waals surface area (Å²) in [5, 5.41) is 4.42. The highest BCUT2D eigenvalue weighted by atomic mass is 16.1. The number of hydrogen-bond acceptors (Lipinski definition) is 3. The zero-order valence-electron chi connectivity index (χ0n) is 13.1. The number of H-pyrrole nitrogens is 1. The molecule has 0 spiro atoms. The standard InChI is InChI=1S/C18H23N3O/c1-12-4-5-16-15(7-12)18(22)8-14(20-16)10-21-9-13-3-2-6-19-17(13)11-21/h4-5,7-8,13,17,19H,2-3,6,9-11H2,1H3,(H,20,22)/t13-,17+/m0/s1. The number of fused-ring (bicyclic) bond motifs is 2. The molecule has 22 heavy (non-hydrogen) atoms. The van der Waals surface area contributed by atoms with Crippen LogP contribution in [-0.4, -0.2) is 35.6 Å². The Bertz CT molecular complexity index is 738. The van der Waals surface area contributed by atoms with Crippen LogP contribution in [0.4, 0.5) is 0 Å². The molecule has 116 valence electrons. The van der Waals surface area contributed by atoms with Gasteiger partial charge in [-0.15, -0.1) is 0 Å². The summed E-state index contributed by atoms with van der Waals surface area (Å²) < 4.78 is 0. The molecule has 4 nitrogen and oxygen atoms in total. The lowest BCUT2D eigenvalue weighted by molar-refractivity contribution is 0.309. The van der Waals surface area contributed by atoms with E-state index < -0.39 is 0 Å². The van der Waals surface area contributed by atoms with Crippen LogP contribution in [0, 0.1) is 12.8 Å². The van der Waals surface area contributed by atoms with Crippen LogP contribution in [-0.2, 0) is 6.54 Å². The zero-order valence-corrected chi connectivity index (χ0v) is 13.1. The number of nitrogens with one attached hydrogen (secondary N) is 2. The summed E-state index contributed by atoms with van der Waals surface area (Å²) in [4.78, 5) is 18.2. The van der Waals surface area contributed by atoms with Gasteiger partial charge in [-0.2, -0.15) is 0 Å². The number of nitrogens with zero attached hydrogens (tertiary/aromatic N) is 1. The van der Waals surface area contributed by atoms with Crippen molar-refractivity contribution in [2.75, 3.05) is 19.6 Å². The lowest BCUT2D eigenvalue weighted by Crippen LogP contribution is -2.40. The van der Waals surface area contributed by atoms with Gasteiger partial charge in [-0.1, -0.05) is 11.6 Å². The largest absolute Gasteiger partial charge is 0.357 e. The van der Waals surface area contributed by atoms with Crippen molar-refractivity contribution < 1.29 is 0 Å². The number of likely N-dealkylation sites (tertiary alicyclic amines) is 1. The minimum atomic E-state index is 0.127. The molecular formula is C18H23N3O. The summed E-state index contributed by atoms with van der Waals surface area (Å²) in [5.74, 6) is 0.781. The average Bonchev–Trinajstić information content (AvgIpc) is 2.90. The van der Waals surface area contributed by atoms with Gasteiger partial charge in [0.25, 0.3) is 0 Å². The number of aromatic amines is 1. The number of benzene rings is 1. The molecule has 1 aromatic carbocycles. The van der Waals surface area contributed by atoms with Gasteiger partial charge < -0.3 is 10.3 Å². The van der Waals surface area contributed by atoms with Gasteiger partial charge in [0.05, 0.1) is 0 Å². The van der Waals surface area contributed by atoms with E-state index in [2.05, 4.69) is 21.3 Å². The highest BCUT2D eigenvalue weighted by Crippen LogP contribution is 2.25. The number of hydrogen-bond donors (Lipinski definition) is 2. The van der Waals surface area contributed by atoms with Gasteiger partial charge in [0.1, 0.15) is 0 Å². The van der Waals surface area contributed by atoms with Crippen LogP contribution in [0.25, 0.3) is 10.9 Å². The molecule has 1 aromatic heterocycles. The van der Waals surface area contributed by atoms with Gasteiger partial charge in [0.2, 0.25) is 0 Å². The molecule has 0 aliphatic carbocycles. The summed E-state index contributed by atoms with van der Waals surface area (Å²) >= 11 is 0. The highest BCUT2D eigenvalue weighted by Gasteiger charge is 2.34. The molecule has 2 aliphatic heterocycles. The molecule has 2 atom stereocenters. The minimum Gasteiger partial charge on any atom is -0.357 e. The molecule has 3 heterocycles. The molecule has 0 unspecified atom stereocenters. The van der Waals surface area contributed by atoms with Gasteiger partial charge in [-0.05, 0) is 44.4 Å². The Kier molecular flexibility index (Phi) is 3.51. The lowest BCUT2D eigenvalue weighted by Gasteiger charge is -2.24. The Morgan fingerprint density at radius 1 is 1.27 bits per heavy atom. The Labute approximate surface area is 130 Å². The van der Waals surface area contributed by atoms with Crippen molar-refractivity contribution in [3.8, 4) is 0 Å². The predicted molar refractivity (Wildman–Crippen MR) is 89.1 cm³/mol. The fourth-order valence-corrected chi connectivity index (χ4v) is 4.01. The number of piperidine rings is 1. The smallest absolute Gasteiger partial charge is 0.189 e. The molecule has 0 amide bonds. The first-order chi connectivity index (χ1) is 10.7. The monoisotopic (exact) mass is 297 g/mol. The molecule has 2 N–H and O–H groups in total. The van der Waals surface area contributed by atoms with Crippen LogP contribution < -0.4 is 10.7 Å². The summed E-state index contributed by atoms with van der Waals surface area (Å²) in [6.45, 7) is 6.25. The van der Waals surface area contributed by atoms with Crippen LogP contribution in [0.5, 0.6) is 0 Å². The fraction of sp³-hybridized carbons (Fsp3) is 0.500. The molecule has 0 bridgehead atoms. The maximum absolute atomic E-state index is 12.3. The summed E-state index contributed by atoms with van der Waals surface area (Å²) in [7, 11) is 0. The molecule has 2 saturated heterocycles. The molecule has 2 aliphatic rings. The number of rotatable bonds is 2. The maximum Gasteiger partial charge on any atom is 0.189 e. The lowest BCUT2D eigenvalue weighted by atomic mass is 9.94. The van der Waals surface area contributed by atoms with E-state index in [1.165, 1.54) is 12.8 Å². The van der Waals surface area contributed by atoms with E-state index in [0.29, 0.717) is 6.04 Å². The molecule has 2 aromatic rings. The van der Waals surface area contributed by atoms with E-state index in [1.807, 2.05) is 19.1 Å². The van der Waals surface area contributed by atoms with Crippen LogP contribution in [0.2, 0.25) is 0 Å². The molecular weight excluding hydrogens is 274 g/mol. The quantitative estimate of drug-likeness (QED) is 0.891. The second-order valence-electron chi connectivity index (χ2n) is 6.86. The normalized spacial score (nSPS) is 25.5. The van der Waals surface area contributed by atoms with Crippen LogP contribution in [0.3, 0.4) is 0 Å². The SMILES string of the molecule is Cc1ccc2[nH]c(CN3C[C@@H]4CCCN[C@@H]4C3)cc(=O)c2c1. The summed E-state index contributed by atoms with van der Waals surface area (Å²) in [6.07, 6.45) is 2.63. The molecule has 4 rings (SSSR count). The van der Waals surface area contributed by atoms with Gasteiger partial charge in [0.15, 0.2) is 5.43 Å². The van der Waals surface area contributed by atoms with Crippen molar-refractivity contribution in [1.82, 2.24) is 15.2 Å². The third-order valence-electron chi connectivity index (χ3n) is 5.11. The first kappa shape index (κ1) is 14.0. The second-order valence-corrected chi connectivity index (χ2v) is 6.86. The van der Waals surface area contributed by atoms with Gasteiger partial charge in [-0.3, -0.25) is 9.69 Å². The zero-order chi connectivity index (χ0) is 15.1. The summed E-state index contributed by atoms with van der Waals surface area (Å²) in [5.41, 5.74) is 3.23. The molecule has 0 saturated carbocycles. The third kappa shape index (κ3) is 2.57. The van der Waals surface area contributed by atoms with E-state index in [-0.39, 0.29) is 5.43 Å². The van der Waals surface area contributed by atoms with Gasteiger partial charge in [0, 0.05) is 48.3 Å². The Morgan fingerprint density at radius 2 is 2.18 bits per heavy atom. The van der Waals surface area contributed by atoms with E-state index in [1.54, 1.807) is 6.07 Å². The Morgan fingerprint density at radius 3 is 3.05 bits per heavy atom. The van der Waals surface area contributed by atoms with Crippen LogP contribution in [0.15, 0.2) is 29.1 Å². The predicted octanol–water partition coefficient (Wildman–Crippen LogP) is 2.02. The number of aryl methyl sites for hydroxylation is 1. The fourth-order valence-electron chi connectivity index (χ4n) is 4.01. The van der Waals surface area contributed by atoms with Gasteiger partial charge >= 0.3 is 0 Å². The maximum atomic E-state index is 12.3. The third-order valence-corrected chi connectivity index (χ3v) is 5.11. The first-order valence-corrected chi connectivity index (χ1v) is 8.27. The van der Waals surface area contributed by atoms with E-state index in [0.717, 1.165) is 54.3 Å². The Balaban J connectivity index is 1.57. The van der Waals surface area contributed by atoms with Crippen molar-refractivity contribution >= 4 is 10.9 Å². The van der Waals surface area contributed by atoms with Gasteiger partial charge in [-0.25, -0.2) is 0 Å². The van der Waals surface area contributed by atoms with Crippen LogP contribution in [0.1, 0.15) is 24.1 Å². The first-order valence-electron chi connectivity index (χ1n) is 8.27. The van der Waals surface area contributed by atoms with E-state index in [4.69, 9.17) is 0 Å². The number of aromatic nitrogens is 1. The van der Waals surface area contributed by atoms with Crippen molar-refractivity contribution in [2.45, 2.75) is 32.4 Å². The second kappa shape index (κ2) is 5.52. The minimum absolute atomic E-state index is 0.127. The van der Waals surface area contributed by atoms with Crippen molar-refractivity contribution in [2.24, 2.45) is 5.92 Å². The molecule has 0 radical (unpaired) electrons. The van der Waals surface area contributed by atoms with E-state index >= 15 is 0 Å². The van der Waals surface area contributed by atoms with Crippen molar-refractivity contribution in [3.05, 3.63) is 45.7 Å². The molecule has 2 fully saturated rings. The van der Waals surface area contributed by atoms with Crippen molar-refractivity contribution in [3.63, 3.8) is 0 Å².